The quantitative estimate of drug-likeness (QED) is 0.539. The molecule has 104 valence electrons. The molecule has 0 bridgehead atoms. The monoisotopic (exact) mass is 276 g/mol. The first-order valence-electron chi connectivity index (χ1n) is 7.45. The molecule has 2 rings (SSSR count). The second kappa shape index (κ2) is 7.74. The summed E-state index contributed by atoms with van der Waals surface area (Å²) in [6, 6.07) is 9.66. The van der Waals surface area contributed by atoms with Crippen molar-refractivity contribution in [2.45, 2.75) is 50.7 Å². The van der Waals surface area contributed by atoms with Crippen LogP contribution in [0.5, 0.6) is 0 Å². The van der Waals surface area contributed by atoms with E-state index < -0.39 is 0 Å². The molecule has 2 unspecified atom stereocenters. The zero-order valence-corrected chi connectivity index (χ0v) is 12.6. The summed E-state index contributed by atoms with van der Waals surface area (Å²) in [5.74, 6) is 2.33. The van der Waals surface area contributed by atoms with Gasteiger partial charge >= 0.3 is 0 Å². The van der Waals surface area contributed by atoms with Gasteiger partial charge in [-0.3, -0.25) is 4.79 Å². The maximum atomic E-state index is 11.9. The summed E-state index contributed by atoms with van der Waals surface area (Å²) < 4.78 is 0. The Morgan fingerprint density at radius 1 is 1.26 bits per heavy atom. The first kappa shape index (κ1) is 14.6. The predicted molar refractivity (Wildman–Crippen MR) is 83.9 cm³/mol. The molecule has 1 aliphatic rings. The zero-order chi connectivity index (χ0) is 13.5. The van der Waals surface area contributed by atoms with Crippen LogP contribution in [0, 0.1) is 5.92 Å². The first-order chi connectivity index (χ1) is 9.25. The highest BCUT2D eigenvalue weighted by Crippen LogP contribution is 2.32. The van der Waals surface area contributed by atoms with E-state index in [0.29, 0.717) is 12.2 Å². The number of carbonyl (C=O) groups is 1. The molecular formula is C17H24OS. The van der Waals surface area contributed by atoms with E-state index in [1.165, 1.54) is 25.7 Å². The van der Waals surface area contributed by atoms with Crippen LogP contribution in [0.1, 0.15) is 55.8 Å². The lowest BCUT2D eigenvalue weighted by Gasteiger charge is -2.26. The molecule has 2 heteroatoms. The van der Waals surface area contributed by atoms with E-state index in [-0.39, 0.29) is 0 Å². The third-order valence-corrected chi connectivity index (χ3v) is 5.31. The zero-order valence-electron chi connectivity index (χ0n) is 11.8. The molecule has 1 fully saturated rings. The maximum Gasteiger partial charge on any atom is 0.162 e. The van der Waals surface area contributed by atoms with E-state index in [0.717, 1.165) is 28.9 Å². The van der Waals surface area contributed by atoms with Crippen LogP contribution in [0.25, 0.3) is 0 Å². The largest absolute Gasteiger partial charge is 0.294 e. The number of carbonyl (C=O) groups excluding carboxylic acids is 1. The van der Waals surface area contributed by atoms with Crippen molar-refractivity contribution < 1.29 is 4.79 Å². The topological polar surface area (TPSA) is 17.1 Å². The molecule has 0 aromatic heterocycles. The summed E-state index contributed by atoms with van der Waals surface area (Å²) in [4.78, 5) is 11.9. The van der Waals surface area contributed by atoms with Crippen molar-refractivity contribution >= 4 is 17.5 Å². The van der Waals surface area contributed by atoms with E-state index in [1.807, 2.05) is 30.3 Å². The van der Waals surface area contributed by atoms with Gasteiger partial charge in [0.05, 0.1) is 0 Å². The van der Waals surface area contributed by atoms with Crippen LogP contribution in [0.3, 0.4) is 0 Å². The molecule has 1 saturated carbocycles. The molecule has 0 radical (unpaired) electrons. The smallest absolute Gasteiger partial charge is 0.162 e. The minimum absolute atomic E-state index is 0.290. The fourth-order valence-electron chi connectivity index (χ4n) is 2.78. The molecule has 0 spiro atoms. The Morgan fingerprint density at radius 3 is 2.79 bits per heavy atom. The molecule has 19 heavy (non-hydrogen) atoms. The van der Waals surface area contributed by atoms with Crippen LogP contribution in [-0.2, 0) is 0 Å². The lowest BCUT2D eigenvalue weighted by Crippen LogP contribution is -2.15. The van der Waals surface area contributed by atoms with Gasteiger partial charge in [-0.1, -0.05) is 50.1 Å². The Labute approximate surface area is 121 Å². The highest BCUT2D eigenvalue weighted by molar-refractivity contribution is 7.99. The highest BCUT2D eigenvalue weighted by atomic mass is 32.2. The van der Waals surface area contributed by atoms with Gasteiger partial charge in [-0.15, -0.1) is 0 Å². The van der Waals surface area contributed by atoms with Gasteiger partial charge in [-0.25, -0.2) is 0 Å². The average molecular weight is 276 g/mol. The number of Topliss-reactive ketones (excluding diaryl/α,β-unsaturated/α-hetero) is 1. The Morgan fingerprint density at radius 2 is 2.05 bits per heavy atom. The van der Waals surface area contributed by atoms with E-state index in [9.17, 15) is 4.79 Å². The van der Waals surface area contributed by atoms with Crippen LogP contribution in [-0.4, -0.2) is 16.8 Å². The Balaban J connectivity index is 1.63. The first-order valence-corrected chi connectivity index (χ1v) is 8.50. The number of ketones is 1. The van der Waals surface area contributed by atoms with Crippen molar-refractivity contribution in [3.63, 3.8) is 0 Å². The van der Waals surface area contributed by atoms with Gasteiger partial charge in [0.15, 0.2) is 5.78 Å². The summed E-state index contributed by atoms with van der Waals surface area (Å²) in [6.07, 6.45) is 7.26. The van der Waals surface area contributed by atoms with Gasteiger partial charge in [0.2, 0.25) is 0 Å². The normalized spacial score (nSPS) is 23.2. The lowest BCUT2D eigenvalue weighted by atomic mass is 9.91. The SMILES string of the molecule is CC1CCCC(SCCCC(=O)c2ccccc2)C1. The maximum absolute atomic E-state index is 11.9. The van der Waals surface area contributed by atoms with Crippen LogP contribution in [0.2, 0.25) is 0 Å². The minimum Gasteiger partial charge on any atom is -0.294 e. The van der Waals surface area contributed by atoms with E-state index in [1.54, 1.807) is 0 Å². The number of hydrogen-bond donors (Lipinski definition) is 0. The van der Waals surface area contributed by atoms with Crippen molar-refractivity contribution in [3.05, 3.63) is 35.9 Å². The second-order valence-electron chi connectivity index (χ2n) is 5.66. The van der Waals surface area contributed by atoms with Gasteiger partial charge in [0.1, 0.15) is 0 Å². The number of hydrogen-bond acceptors (Lipinski definition) is 2. The van der Waals surface area contributed by atoms with E-state index in [4.69, 9.17) is 0 Å². The number of rotatable bonds is 6. The minimum atomic E-state index is 0.290. The van der Waals surface area contributed by atoms with Crippen molar-refractivity contribution in [3.8, 4) is 0 Å². The molecule has 0 amide bonds. The lowest BCUT2D eigenvalue weighted by molar-refractivity contribution is 0.0982. The summed E-state index contributed by atoms with van der Waals surface area (Å²) in [5.41, 5.74) is 0.860. The molecule has 2 atom stereocenters. The number of thioether (sulfide) groups is 1. The molecule has 0 saturated heterocycles. The van der Waals surface area contributed by atoms with Gasteiger partial charge in [-0.2, -0.15) is 11.8 Å². The Bertz CT molecular complexity index is 388. The molecule has 1 aromatic carbocycles. The fraction of sp³-hybridized carbons (Fsp3) is 0.588. The van der Waals surface area contributed by atoms with Gasteiger partial charge in [0, 0.05) is 17.2 Å². The molecular weight excluding hydrogens is 252 g/mol. The summed E-state index contributed by atoms with van der Waals surface area (Å²) in [7, 11) is 0. The summed E-state index contributed by atoms with van der Waals surface area (Å²) in [6.45, 7) is 2.37. The van der Waals surface area contributed by atoms with Crippen molar-refractivity contribution in [2.75, 3.05) is 5.75 Å². The third kappa shape index (κ3) is 5.02. The molecule has 0 N–H and O–H groups in total. The third-order valence-electron chi connectivity index (χ3n) is 3.89. The molecule has 1 aliphatic carbocycles. The molecule has 1 nitrogen and oxygen atoms in total. The molecule has 1 aromatic rings. The highest BCUT2D eigenvalue weighted by Gasteiger charge is 2.18. The Kier molecular flexibility index (Phi) is 5.96. The predicted octanol–water partition coefficient (Wildman–Crippen LogP) is 4.96. The average Bonchev–Trinajstić information content (AvgIpc) is 2.44. The van der Waals surface area contributed by atoms with Gasteiger partial charge < -0.3 is 0 Å². The van der Waals surface area contributed by atoms with E-state index in [2.05, 4.69) is 18.7 Å². The van der Waals surface area contributed by atoms with Crippen molar-refractivity contribution in [1.82, 2.24) is 0 Å². The standard InChI is InChI=1S/C17H24OS/c1-14-7-5-10-16(13-14)19-12-6-11-17(18)15-8-3-2-4-9-15/h2-4,8-9,14,16H,5-7,10-13H2,1H3. The number of benzene rings is 1. The van der Waals surface area contributed by atoms with Gasteiger partial charge in [-0.05, 0) is 30.9 Å². The molecule has 0 aliphatic heterocycles. The van der Waals surface area contributed by atoms with Gasteiger partial charge in [0.25, 0.3) is 0 Å². The fourth-order valence-corrected chi connectivity index (χ4v) is 4.22. The molecule has 0 heterocycles. The van der Waals surface area contributed by atoms with Crippen LogP contribution in [0.15, 0.2) is 30.3 Å². The van der Waals surface area contributed by atoms with Crippen molar-refractivity contribution in [1.29, 1.82) is 0 Å². The van der Waals surface area contributed by atoms with Crippen molar-refractivity contribution in [2.24, 2.45) is 5.92 Å². The second-order valence-corrected chi connectivity index (χ2v) is 7.07. The summed E-state index contributed by atoms with van der Waals surface area (Å²) in [5, 5.41) is 0.843. The summed E-state index contributed by atoms with van der Waals surface area (Å²) >= 11 is 2.09. The van der Waals surface area contributed by atoms with Crippen LogP contribution in [0.4, 0.5) is 0 Å². The van der Waals surface area contributed by atoms with Crippen LogP contribution < -0.4 is 0 Å². The Hall–Kier alpha value is -0.760. The van der Waals surface area contributed by atoms with Crippen LogP contribution >= 0.6 is 11.8 Å². The van der Waals surface area contributed by atoms with E-state index >= 15 is 0 Å².